The summed E-state index contributed by atoms with van der Waals surface area (Å²) in [6.45, 7) is 12.3. The molecule has 0 aromatic heterocycles. The molecule has 1 aliphatic rings. The van der Waals surface area contributed by atoms with Gasteiger partial charge in [-0.2, -0.15) is 0 Å². The van der Waals surface area contributed by atoms with Crippen molar-refractivity contribution in [3.05, 3.63) is 0 Å². The molecule has 0 bridgehead atoms. The highest BCUT2D eigenvalue weighted by atomic mass is 16.1. The standard InChI is InChI=1S/C11H22N2O.C2H6/c1-10-4-8-13(9-5-10)7-3-6-12-11(2)14;1-2/h10H,3-9H2,1-2H3,(H,12,14);1-2H3. The Balaban J connectivity index is 0.00000106. The monoisotopic (exact) mass is 228 g/mol. The Morgan fingerprint density at radius 3 is 2.38 bits per heavy atom. The van der Waals surface area contributed by atoms with Gasteiger partial charge in [-0.05, 0) is 44.8 Å². The quantitative estimate of drug-likeness (QED) is 0.749. The number of carbonyl (C=O) groups is 1. The SMILES string of the molecule is CC.CC(=O)NCCCN1CCC(C)CC1. The third-order valence-corrected chi connectivity index (χ3v) is 2.90. The molecule has 0 spiro atoms. The van der Waals surface area contributed by atoms with Gasteiger partial charge in [0.15, 0.2) is 0 Å². The van der Waals surface area contributed by atoms with Gasteiger partial charge in [0, 0.05) is 13.5 Å². The molecule has 96 valence electrons. The highest BCUT2D eigenvalue weighted by Gasteiger charge is 2.14. The van der Waals surface area contributed by atoms with Gasteiger partial charge in [-0.1, -0.05) is 20.8 Å². The molecule has 1 aliphatic heterocycles. The minimum Gasteiger partial charge on any atom is -0.356 e. The lowest BCUT2D eigenvalue weighted by Gasteiger charge is -2.30. The fourth-order valence-corrected chi connectivity index (χ4v) is 1.85. The molecule has 1 fully saturated rings. The Morgan fingerprint density at radius 1 is 1.31 bits per heavy atom. The lowest BCUT2D eigenvalue weighted by molar-refractivity contribution is -0.118. The van der Waals surface area contributed by atoms with E-state index in [2.05, 4.69) is 17.1 Å². The van der Waals surface area contributed by atoms with Crippen LogP contribution in [0.4, 0.5) is 0 Å². The number of nitrogens with one attached hydrogen (secondary N) is 1. The van der Waals surface area contributed by atoms with Gasteiger partial charge in [-0.25, -0.2) is 0 Å². The molecule has 0 radical (unpaired) electrons. The van der Waals surface area contributed by atoms with Crippen molar-refractivity contribution in [2.75, 3.05) is 26.2 Å². The number of rotatable bonds is 4. The van der Waals surface area contributed by atoms with E-state index in [1.165, 1.54) is 25.9 Å². The van der Waals surface area contributed by atoms with E-state index in [4.69, 9.17) is 0 Å². The average Bonchev–Trinajstić information content (AvgIpc) is 2.29. The van der Waals surface area contributed by atoms with E-state index >= 15 is 0 Å². The zero-order valence-corrected chi connectivity index (χ0v) is 11.4. The van der Waals surface area contributed by atoms with E-state index in [1.807, 2.05) is 13.8 Å². The fraction of sp³-hybridized carbons (Fsp3) is 0.923. The maximum absolute atomic E-state index is 10.6. The summed E-state index contributed by atoms with van der Waals surface area (Å²) in [4.78, 5) is 13.1. The van der Waals surface area contributed by atoms with Crippen LogP contribution in [0, 0.1) is 5.92 Å². The number of carbonyl (C=O) groups excluding carboxylic acids is 1. The largest absolute Gasteiger partial charge is 0.356 e. The van der Waals surface area contributed by atoms with Crippen LogP contribution in [0.25, 0.3) is 0 Å². The van der Waals surface area contributed by atoms with Crippen LogP contribution in [0.2, 0.25) is 0 Å². The van der Waals surface area contributed by atoms with Crippen molar-refractivity contribution < 1.29 is 4.79 Å². The number of amides is 1. The van der Waals surface area contributed by atoms with Gasteiger partial charge in [0.25, 0.3) is 0 Å². The van der Waals surface area contributed by atoms with Crippen molar-refractivity contribution in [3.63, 3.8) is 0 Å². The van der Waals surface area contributed by atoms with Crippen LogP contribution in [-0.2, 0) is 4.79 Å². The summed E-state index contributed by atoms with van der Waals surface area (Å²) in [6, 6.07) is 0. The number of hydrogen-bond donors (Lipinski definition) is 1. The summed E-state index contributed by atoms with van der Waals surface area (Å²) in [5.74, 6) is 0.985. The smallest absolute Gasteiger partial charge is 0.216 e. The lowest BCUT2D eigenvalue weighted by Crippen LogP contribution is -2.35. The lowest BCUT2D eigenvalue weighted by atomic mass is 9.99. The van der Waals surface area contributed by atoms with Gasteiger partial charge in [0.05, 0.1) is 0 Å². The summed E-state index contributed by atoms with van der Waals surface area (Å²) in [6.07, 6.45) is 3.74. The topological polar surface area (TPSA) is 32.3 Å². The second-order valence-electron chi connectivity index (χ2n) is 4.36. The van der Waals surface area contributed by atoms with Crippen LogP contribution in [0.5, 0.6) is 0 Å². The van der Waals surface area contributed by atoms with E-state index < -0.39 is 0 Å². The van der Waals surface area contributed by atoms with Crippen LogP contribution < -0.4 is 5.32 Å². The third-order valence-electron chi connectivity index (χ3n) is 2.90. The van der Waals surface area contributed by atoms with Gasteiger partial charge in [0.2, 0.25) is 5.91 Å². The van der Waals surface area contributed by atoms with Gasteiger partial charge in [-0.15, -0.1) is 0 Å². The molecule has 0 aliphatic carbocycles. The van der Waals surface area contributed by atoms with Gasteiger partial charge >= 0.3 is 0 Å². The Kier molecular flexibility index (Phi) is 9.30. The van der Waals surface area contributed by atoms with Crippen molar-refractivity contribution in [2.45, 2.75) is 47.0 Å². The summed E-state index contributed by atoms with van der Waals surface area (Å²) in [5.41, 5.74) is 0. The maximum atomic E-state index is 10.6. The Morgan fingerprint density at radius 2 is 1.88 bits per heavy atom. The Hall–Kier alpha value is -0.570. The molecule has 1 amide bonds. The molecule has 0 aromatic rings. The van der Waals surface area contributed by atoms with E-state index in [1.54, 1.807) is 6.92 Å². The number of nitrogens with zero attached hydrogens (tertiary/aromatic N) is 1. The number of hydrogen-bond acceptors (Lipinski definition) is 2. The van der Waals surface area contributed by atoms with E-state index in [0.29, 0.717) is 0 Å². The number of likely N-dealkylation sites (tertiary alicyclic amines) is 1. The molecule has 0 unspecified atom stereocenters. The molecule has 1 heterocycles. The fourth-order valence-electron chi connectivity index (χ4n) is 1.85. The first kappa shape index (κ1) is 15.4. The minimum atomic E-state index is 0.0808. The van der Waals surface area contributed by atoms with E-state index in [-0.39, 0.29) is 5.91 Å². The first-order valence-electron chi connectivity index (χ1n) is 6.65. The van der Waals surface area contributed by atoms with Crippen LogP contribution in [0.15, 0.2) is 0 Å². The van der Waals surface area contributed by atoms with Crippen LogP contribution in [0.3, 0.4) is 0 Å². The highest BCUT2D eigenvalue weighted by molar-refractivity contribution is 5.72. The van der Waals surface area contributed by atoms with E-state index in [0.717, 1.165) is 25.4 Å². The molecule has 16 heavy (non-hydrogen) atoms. The molecule has 1 saturated heterocycles. The van der Waals surface area contributed by atoms with E-state index in [9.17, 15) is 4.79 Å². The molecule has 0 saturated carbocycles. The highest BCUT2D eigenvalue weighted by Crippen LogP contribution is 2.15. The summed E-state index contributed by atoms with van der Waals surface area (Å²) >= 11 is 0. The van der Waals surface area contributed by atoms with Gasteiger partial charge in [-0.3, -0.25) is 4.79 Å². The van der Waals surface area contributed by atoms with Crippen LogP contribution in [0.1, 0.15) is 47.0 Å². The Bertz CT molecular complexity index is 175. The second-order valence-corrected chi connectivity index (χ2v) is 4.36. The number of piperidine rings is 1. The summed E-state index contributed by atoms with van der Waals surface area (Å²) < 4.78 is 0. The van der Waals surface area contributed by atoms with Gasteiger partial charge in [0.1, 0.15) is 0 Å². The average molecular weight is 228 g/mol. The Labute approximate surface area is 101 Å². The molecular weight excluding hydrogens is 200 g/mol. The predicted octanol–water partition coefficient (Wildman–Crippen LogP) is 2.27. The third kappa shape index (κ3) is 7.69. The molecule has 1 N–H and O–H groups in total. The maximum Gasteiger partial charge on any atom is 0.216 e. The van der Waals surface area contributed by atoms with Crippen molar-refractivity contribution in [2.24, 2.45) is 5.92 Å². The van der Waals surface area contributed by atoms with Crippen molar-refractivity contribution in [3.8, 4) is 0 Å². The summed E-state index contributed by atoms with van der Waals surface area (Å²) in [5, 5.41) is 2.83. The zero-order chi connectivity index (χ0) is 12.4. The molecular formula is C13H28N2O. The first-order chi connectivity index (χ1) is 7.68. The zero-order valence-electron chi connectivity index (χ0n) is 11.4. The van der Waals surface area contributed by atoms with Gasteiger partial charge < -0.3 is 10.2 Å². The molecule has 1 rings (SSSR count). The van der Waals surface area contributed by atoms with Crippen LogP contribution >= 0.6 is 0 Å². The van der Waals surface area contributed by atoms with Crippen molar-refractivity contribution >= 4 is 5.91 Å². The predicted molar refractivity (Wildman–Crippen MR) is 69.5 cm³/mol. The van der Waals surface area contributed by atoms with Crippen molar-refractivity contribution in [1.82, 2.24) is 10.2 Å². The molecule has 3 nitrogen and oxygen atoms in total. The summed E-state index contributed by atoms with van der Waals surface area (Å²) in [7, 11) is 0. The molecule has 3 heteroatoms. The second kappa shape index (κ2) is 9.64. The van der Waals surface area contributed by atoms with Crippen LogP contribution in [-0.4, -0.2) is 37.0 Å². The normalized spacial score (nSPS) is 17.5. The molecule has 0 atom stereocenters. The minimum absolute atomic E-state index is 0.0808. The first-order valence-corrected chi connectivity index (χ1v) is 6.65. The van der Waals surface area contributed by atoms with Crippen molar-refractivity contribution in [1.29, 1.82) is 0 Å². The molecule has 0 aromatic carbocycles.